The molecule has 1 aliphatic heterocycles. The van der Waals surface area contributed by atoms with E-state index in [-0.39, 0.29) is 5.66 Å². The minimum absolute atomic E-state index is 0.376. The fraction of sp³-hybridized carbons (Fsp3) is 0.200. The molecule has 0 saturated heterocycles. The monoisotopic (exact) mass is 335 g/mol. The molecule has 0 aliphatic carbocycles. The molecule has 0 unspecified atom stereocenters. The third kappa shape index (κ3) is 2.28. The van der Waals surface area contributed by atoms with Crippen molar-refractivity contribution in [3.05, 3.63) is 70.9 Å². The number of rotatable bonds is 1. The lowest BCUT2D eigenvalue weighted by atomic mass is 9.95. The number of nitrogens with zero attached hydrogens (tertiary/aromatic N) is 3. The van der Waals surface area contributed by atoms with Gasteiger partial charge in [-0.05, 0) is 32.0 Å². The second-order valence-electron chi connectivity index (χ2n) is 6.57. The predicted molar refractivity (Wildman–Crippen MR) is 101 cm³/mol. The first-order valence-electron chi connectivity index (χ1n) is 7.95. The van der Waals surface area contributed by atoms with Crippen molar-refractivity contribution >= 4 is 33.9 Å². The molecule has 120 valence electrons. The van der Waals surface area contributed by atoms with Gasteiger partial charge in [-0.2, -0.15) is 0 Å². The van der Waals surface area contributed by atoms with Gasteiger partial charge in [-0.15, -0.1) is 0 Å². The first-order chi connectivity index (χ1) is 11.5. The van der Waals surface area contributed by atoms with Gasteiger partial charge >= 0.3 is 0 Å². The van der Waals surface area contributed by atoms with Gasteiger partial charge in [0.25, 0.3) is 0 Å². The molecule has 1 aromatic heterocycles. The molecular weight excluding hydrogens is 318 g/mol. The van der Waals surface area contributed by atoms with E-state index in [1.54, 1.807) is 0 Å². The van der Waals surface area contributed by atoms with Gasteiger partial charge in [-0.3, -0.25) is 9.98 Å². The molecule has 0 spiro atoms. The Bertz CT molecular complexity index is 976. The van der Waals surface area contributed by atoms with Crippen LogP contribution in [0.3, 0.4) is 0 Å². The number of hydrogen-bond donors (Lipinski definition) is 0. The summed E-state index contributed by atoms with van der Waals surface area (Å²) >= 11 is 6.50. The van der Waals surface area contributed by atoms with Crippen LogP contribution in [-0.2, 0) is 0 Å². The highest BCUT2D eigenvalue weighted by atomic mass is 35.5. The van der Waals surface area contributed by atoms with Crippen LogP contribution in [0.15, 0.2) is 59.7 Å². The van der Waals surface area contributed by atoms with Crippen LogP contribution in [-0.4, -0.2) is 23.4 Å². The molecule has 0 N–H and O–H groups in total. The minimum atomic E-state index is -0.376. The Balaban J connectivity index is 1.97. The minimum Gasteiger partial charge on any atom is -0.349 e. The Morgan fingerprint density at radius 3 is 2.67 bits per heavy atom. The fourth-order valence-corrected chi connectivity index (χ4v) is 3.45. The van der Waals surface area contributed by atoms with Crippen LogP contribution in [0.2, 0.25) is 5.02 Å². The zero-order valence-corrected chi connectivity index (χ0v) is 14.7. The molecule has 4 rings (SSSR count). The topological polar surface area (TPSA) is 28.5 Å². The fourth-order valence-electron chi connectivity index (χ4n) is 3.15. The van der Waals surface area contributed by atoms with Gasteiger partial charge in [0.2, 0.25) is 0 Å². The molecule has 1 aliphatic rings. The molecule has 3 aromatic rings. The first-order valence-corrected chi connectivity index (χ1v) is 8.33. The van der Waals surface area contributed by atoms with Crippen molar-refractivity contribution in [1.29, 1.82) is 0 Å². The summed E-state index contributed by atoms with van der Waals surface area (Å²) in [5, 5.41) is 1.85. The summed E-state index contributed by atoms with van der Waals surface area (Å²) < 4.78 is 0. The molecule has 3 nitrogen and oxygen atoms in total. The lowest BCUT2D eigenvalue weighted by Gasteiger charge is -2.40. The van der Waals surface area contributed by atoms with E-state index < -0.39 is 0 Å². The largest absolute Gasteiger partial charge is 0.349 e. The molecule has 0 atom stereocenters. The lowest BCUT2D eigenvalue weighted by molar-refractivity contribution is 0.507. The standard InChI is InChI=1S/C20H18ClN3/c1-20(2)23-18(15-8-6-9-16(21)19(15)24(20)3)14-11-13-7-4-5-10-17(13)22-12-14/h4-12H,1-3H3. The van der Waals surface area contributed by atoms with Crippen molar-refractivity contribution in [3.8, 4) is 0 Å². The van der Waals surface area contributed by atoms with E-state index >= 15 is 0 Å². The number of pyridine rings is 1. The van der Waals surface area contributed by atoms with Gasteiger partial charge in [0, 0.05) is 29.8 Å². The van der Waals surface area contributed by atoms with E-state index in [0.717, 1.165) is 38.5 Å². The molecule has 2 aromatic carbocycles. The Morgan fingerprint density at radius 2 is 1.83 bits per heavy atom. The van der Waals surface area contributed by atoms with Crippen molar-refractivity contribution in [2.24, 2.45) is 4.99 Å². The highest BCUT2D eigenvalue weighted by molar-refractivity contribution is 6.35. The van der Waals surface area contributed by atoms with Gasteiger partial charge in [0.1, 0.15) is 5.66 Å². The average Bonchev–Trinajstić information content (AvgIpc) is 2.58. The maximum Gasteiger partial charge on any atom is 0.126 e. The highest BCUT2D eigenvalue weighted by Gasteiger charge is 2.33. The summed E-state index contributed by atoms with van der Waals surface area (Å²) in [5.41, 5.74) is 4.62. The maximum atomic E-state index is 6.50. The smallest absolute Gasteiger partial charge is 0.126 e. The lowest BCUT2D eigenvalue weighted by Crippen LogP contribution is -2.44. The van der Waals surface area contributed by atoms with Gasteiger partial charge in [0.15, 0.2) is 0 Å². The molecule has 0 saturated carbocycles. The van der Waals surface area contributed by atoms with Crippen LogP contribution < -0.4 is 4.90 Å². The molecule has 24 heavy (non-hydrogen) atoms. The number of fused-ring (bicyclic) bond motifs is 2. The van der Waals surface area contributed by atoms with E-state index in [1.165, 1.54) is 0 Å². The number of anilines is 1. The Kier molecular flexibility index (Phi) is 3.36. The summed E-state index contributed by atoms with van der Waals surface area (Å²) in [4.78, 5) is 11.7. The van der Waals surface area contributed by atoms with Crippen molar-refractivity contribution in [2.75, 3.05) is 11.9 Å². The van der Waals surface area contributed by atoms with Crippen molar-refractivity contribution in [3.63, 3.8) is 0 Å². The first kappa shape index (κ1) is 15.2. The molecule has 0 amide bonds. The quantitative estimate of drug-likeness (QED) is 0.632. The molecule has 0 radical (unpaired) electrons. The second kappa shape index (κ2) is 5.32. The molecule has 0 fully saturated rings. The number of hydrogen-bond acceptors (Lipinski definition) is 3. The van der Waals surface area contributed by atoms with Crippen LogP contribution in [0.25, 0.3) is 10.9 Å². The zero-order valence-electron chi connectivity index (χ0n) is 13.9. The number of para-hydroxylation sites is 2. The molecule has 2 heterocycles. The highest BCUT2D eigenvalue weighted by Crippen LogP contribution is 2.39. The van der Waals surface area contributed by atoms with E-state index in [9.17, 15) is 0 Å². The predicted octanol–water partition coefficient (Wildman–Crippen LogP) is 4.91. The summed E-state index contributed by atoms with van der Waals surface area (Å²) in [6, 6.07) is 16.2. The van der Waals surface area contributed by atoms with Crippen molar-refractivity contribution in [1.82, 2.24) is 4.98 Å². The van der Waals surface area contributed by atoms with E-state index in [2.05, 4.69) is 41.9 Å². The molecule has 4 heteroatoms. The Hall–Kier alpha value is -2.39. The van der Waals surface area contributed by atoms with Crippen LogP contribution in [0.5, 0.6) is 0 Å². The summed E-state index contributed by atoms with van der Waals surface area (Å²) in [5.74, 6) is 0. The third-order valence-electron chi connectivity index (χ3n) is 4.65. The number of benzene rings is 2. The number of halogens is 1. The van der Waals surface area contributed by atoms with Crippen LogP contribution in [0.1, 0.15) is 25.0 Å². The zero-order chi connectivity index (χ0) is 16.9. The van der Waals surface area contributed by atoms with Crippen LogP contribution in [0, 0.1) is 0 Å². The SMILES string of the molecule is CN1c2c(Cl)cccc2C(c2cnc3ccccc3c2)=NC1(C)C. The summed E-state index contributed by atoms with van der Waals surface area (Å²) in [6.45, 7) is 4.18. The van der Waals surface area contributed by atoms with E-state index in [1.807, 2.05) is 43.6 Å². The number of aliphatic imine (C=N–C) groups is 1. The van der Waals surface area contributed by atoms with E-state index in [4.69, 9.17) is 16.6 Å². The van der Waals surface area contributed by atoms with Gasteiger partial charge in [-0.25, -0.2) is 0 Å². The molecular formula is C20H18ClN3. The van der Waals surface area contributed by atoms with E-state index in [0.29, 0.717) is 0 Å². The van der Waals surface area contributed by atoms with Crippen LogP contribution in [0.4, 0.5) is 5.69 Å². The van der Waals surface area contributed by atoms with Crippen LogP contribution >= 0.6 is 11.6 Å². The number of aromatic nitrogens is 1. The Labute approximate surface area is 146 Å². The molecule has 0 bridgehead atoms. The third-order valence-corrected chi connectivity index (χ3v) is 4.95. The second-order valence-corrected chi connectivity index (χ2v) is 6.97. The van der Waals surface area contributed by atoms with Gasteiger partial charge < -0.3 is 4.90 Å². The average molecular weight is 336 g/mol. The van der Waals surface area contributed by atoms with Crippen molar-refractivity contribution < 1.29 is 0 Å². The van der Waals surface area contributed by atoms with Gasteiger partial charge in [0.05, 0.1) is 21.9 Å². The van der Waals surface area contributed by atoms with Crippen molar-refractivity contribution in [2.45, 2.75) is 19.5 Å². The normalized spacial score (nSPS) is 16.0. The van der Waals surface area contributed by atoms with Gasteiger partial charge in [-0.1, -0.05) is 41.9 Å². The Morgan fingerprint density at radius 1 is 1.04 bits per heavy atom. The maximum absolute atomic E-state index is 6.50. The summed E-state index contributed by atoms with van der Waals surface area (Å²) in [6.07, 6.45) is 1.90. The summed E-state index contributed by atoms with van der Waals surface area (Å²) in [7, 11) is 2.03.